The lowest BCUT2D eigenvalue weighted by Crippen LogP contribution is -2.18. The summed E-state index contributed by atoms with van der Waals surface area (Å²) in [5.74, 6) is -0.181. The molecule has 1 aromatic carbocycles. The number of hydrogen-bond acceptors (Lipinski definition) is 4. The van der Waals surface area contributed by atoms with Gasteiger partial charge in [-0.25, -0.2) is 0 Å². The maximum absolute atomic E-state index is 11.4. The van der Waals surface area contributed by atoms with Crippen molar-refractivity contribution in [2.75, 3.05) is 18.5 Å². The number of benzene rings is 1. The van der Waals surface area contributed by atoms with Gasteiger partial charge in [-0.15, -0.1) is 0 Å². The van der Waals surface area contributed by atoms with Crippen molar-refractivity contribution in [2.45, 2.75) is 13.3 Å². The third-order valence-electron chi connectivity index (χ3n) is 2.15. The zero-order valence-electron chi connectivity index (χ0n) is 10.2. The molecule has 6 heteroatoms. The Morgan fingerprint density at radius 3 is 2.67 bits per heavy atom. The summed E-state index contributed by atoms with van der Waals surface area (Å²) in [7, 11) is 0. The van der Waals surface area contributed by atoms with Gasteiger partial charge in [0.2, 0.25) is 5.91 Å². The summed E-state index contributed by atoms with van der Waals surface area (Å²) in [6.45, 7) is 2.58. The fourth-order valence-electron chi connectivity index (χ4n) is 1.29. The van der Waals surface area contributed by atoms with Crippen molar-refractivity contribution in [3.63, 3.8) is 0 Å². The first kappa shape index (κ1) is 14.0. The van der Waals surface area contributed by atoms with Crippen LogP contribution in [0.1, 0.15) is 18.9 Å². The van der Waals surface area contributed by atoms with Crippen molar-refractivity contribution in [1.82, 2.24) is 0 Å². The lowest BCUT2D eigenvalue weighted by molar-refractivity contribution is -0.120. The quantitative estimate of drug-likeness (QED) is 0.232. The molecule has 0 bridgehead atoms. The first-order chi connectivity index (χ1) is 8.67. The van der Waals surface area contributed by atoms with Crippen LogP contribution in [0.3, 0.4) is 0 Å². The van der Waals surface area contributed by atoms with E-state index in [4.69, 9.17) is 15.7 Å². The number of carbonyl (C=O) groups is 1. The van der Waals surface area contributed by atoms with Crippen LogP contribution in [0.4, 0.5) is 5.69 Å². The van der Waals surface area contributed by atoms with Gasteiger partial charge in [0.25, 0.3) is 0 Å². The number of nitrogens with one attached hydrogen (secondary N) is 1. The van der Waals surface area contributed by atoms with E-state index in [0.717, 1.165) is 6.42 Å². The number of nitrogens with zero attached hydrogens (tertiary/aromatic N) is 1. The SMILES string of the molecule is CCCOCC(=O)Nc1ccc(/C(N)=N/O)cc1. The van der Waals surface area contributed by atoms with Crippen LogP contribution >= 0.6 is 0 Å². The lowest BCUT2D eigenvalue weighted by Gasteiger charge is -2.06. The number of amidine groups is 1. The van der Waals surface area contributed by atoms with Crippen molar-refractivity contribution in [1.29, 1.82) is 0 Å². The van der Waals surface area contributed by atoms with Crippen LogP contribution in [-0.2, 0) is 9.53 Å². The molecule has 0 aliphatic carbocycles. The summed E-state index contributed by atoms with van der Waals surface area (Å²) >= 11 is 0. The predicted molar refractivity (Wildman–Crippen MR) is 68.7 cm³/mol. The highest BCUT2D eigenvalue weighted by atomic mass is 16.5. The first-order valence-electron chi connectivity index (χ1n) is 5.63. The van der Waals surface area contributed by atoms with E-state index in [1.165, 1.54) is 0 Å². The van der Waals surface area contributed by atoms with Gasteiger partial charge in [-0.2, -0.15) is 0 Å². The van der Waals surface area contributed by atoms with Gasteiger partial charge in [0.15, 0.2) is 5.84 Å². The number of nitrogens with two attached hydrogens (primary N) is 1. The van der Waals surface area contributed by atoms with Crippen LogP contribution in [0.5, 0.6) is 0 Å². The minimum atomic E-state index is -0.208. The van der Waals surface area contributed by atoms with Crippen molar-refractivity contribution in [2.24, 2.45) is 10.9 Å². The van der Waals surface area contributed by atoms with E-state index >= 15 is 0 Å². The molecule has 0 radical (unpaired) electrons. The van der Waals surface area contributed by atoms with Gasteiger partial charge >= 0.3 is 0 Å². The molecule has 0 heterocycles. The summed E-state index contributed by atoms with van der Waals surface area (Å²) in [5, 5.41) is 14.1. The molecular weight excluding hydrogens is 234 g/mol. The first-order valence-corrected chi connectivity index (χ1v) is 5.63. The third kappa shape index (κ3) is 4.42. The fourth-order valence-corrected chi connectivity index (χ4v) is 1.29. The van der Waals surface area contributed by atoms with E-state index in [-0.39, 0.29) is 18.3 Å². The average molecular weight is 251 g/mol. The molecule has 1 amide bonds. The van der Waals surface area contributed by atoms with Gasteiger partial charge in [0.05, 0.1) is 0 Å². The zero-order chi connectivity index (χ0) is 13.4. The summed E-state index contributed by atoms with van der Waals surface area (Å²) in [4.78, 5) is 11.4. The minimum absolute atomic E-state index is 0.0270. The third-order valence-corrected chi connectivity index (χ3v) is 2.15. The van der Waals surface area contributed by atoms with Gasteiger partial charge in [-0.1, -0.05) is 12.1 Å². The Bertz CT molecular complexity index is 415. The predicted octanol–water partition coefficient (Wildman–Crippen LogP) is 1.15. The van der Waals surface area contributed by atoms with Crippen molar-refractivity contribution in [3.8, 4) is 0 Å². The van der Waals surface area contributed by atoms with Crippen LogP contribution in [0.2, 0.25) is 0 Å². The molecule has 0 aliphatic heterocycles. The fraction of sp³-hybridized carbons (Fsp3) is 0.333. The molecule has 0 saturated heterocycles. The number of carbonyl (C=O) groups excluding carboxylic acids is 1. The Morgan fingerprint density at radius 1 is 1.44 bits per heavy atom. The molecule has 0 spiro atoms. The Hall–Kier alpha value is -2.08. The molecule has 0 unspecified atom stereocenters. The van der Waals surface area contributed by atoms with E-state index in [9.17, 15) is 4.79 Å². The standard InChI is InChI=1S/C12H17N3O3/c1-2-7-18-8-11(16)14-10-5-3-9(4-6-10)12(13)15-17/h3-6,17H,2,7-8H2,1H3,(H2,13,15)(H,14,16). The maximum Gasteiger partial charge on any atom is 0.250 e. The summed E-state index contributed by atoms with van der Waals surface area (Å²) in [6.07, 6.45) is 0.877. The highest BCUT2D eigenvalue weighted by Gasteiger charge is 2.03. The molecule has 1 rings (SSSR count). The molecule has 0 aromatic heterocycles. The van der Waals surface area contributed by atoms with E-state index in [2.05, 4.69) is 10.5 Å². The van der Waals surface area contributed by atoms with Crippen LogP contribution in [0, 0.1) is 0 Å². The van der Waals surface area contributed by atoms with Gasteiger partial charge in [-0.05, 0) is 30.7 Å². The van der Waals surface area contributed by atoms with Crippen molar-refractivity contribution < 1.29 is 14.7 Å². The number of amides is 1. The normalized spacial score (nSPS) is 11.3. The molecule has 4 N–H and O–H groups in total. The van der Waals surface area contributed by atoms with Crippen molar-refractivity contribution >= 4 is 17.4 Å². The number of ether oxygens (including phenoxy) is 1. The highest BCUT2D eigenvalue weighted by Crippen LogP contribution is 2.09. The smallest absolute Gasteiger partial charge is 0.250 e. The Labute approximate surface area is 105 Å². The molecule has 0 aliphatic rings. The second-order valence-electron chi connectivity index (χ2n) is 3.66. The second-order valence-corrected chi connectivity index (χ2v) is 3.66. The van der Waals surface area contributed by atoms with E-state index in [0.29, 0.717) is 17.9 Å². The molecular formula is C12H17N3O3. The number of oxime groups is 1. The van der Waals surface area contributed by atoms with Crippen molar-refractivity contribution in [3.05, 3.63) is 29.8 Å². The average Bonchev–Trinajstić information content (AvgIpc) is 2.39. The van der Waals surface area contributed by atoms with E-state index in [1.54, 1.807) is 24.3 Å². The molecule has 18 heavy (non-hydrogen) atoms. The molecule has 0 fully saturated rings. The van der Waals surface area contributed by atoms with Crippen LogP contribution in [0.25, 0.3) is 0 Å². The van der Waals surface area contributed by atoms with Gasteiger partial charge in [0.1, 0.15) is 6.61 Å². The monoisotopic (exact) mass is 251 g/mol. The molecule has 0 saturated carbocycles. The topological polar surface area (TPSA) is 96.9 Å². The molecule has 6 nitrogen and oxygen atoms in total. The minimum Gasteiger partial charge on any atom is -0.409 e. The van der Waals surface area contributed by atoms with Crippen LogP contribution in [-0.4, -0.2) is 30.2 Å². The van der Waals surface area contributed by atoms with Crippen LogP contribution in [0.15, 0.2) is 29.4 Å². The zero-order valence-corrected chi connectivity index (χ0v) is 10.2. The Balaban J connectivity index is 2.51. The van der Waals surface area contributed by atoms with Gasteiger partial charge in [0, 0.05) is 17.9 Å². The van der Waals surface area contributed by atoms with Crippen LogP contribution < -0.4 is 11.1 Å². The van der Waals surface area contributed by atoms with Gasteiger partial charge < -0.3 is 21.0 Å². The highest BCUT2D eigenvalue weighted by molar-refractivity contribution is 5.98. The Kier molecular flexibility index (Phi) is 5.66. The molecule has 0 atom stereocenters. The Morgan fingerprint density at radius 2 is 2.11 bits per heavy atom. The number of hydrogen-bond donors (Lipinski definition) is 3. The molecule has 98 valence electrons. The maximum atomic E-state index is 11.4. The number of anilines is 1. The summed E-state index contributed by atoms with van der Waals surface area (Å²) in [6, 6.07) is 6.64. The van der Waals surface area contributed by atoms with Gasteiger partial charge in [-0.3, -0.25) is 4.79 Å². The summed E-state index contributed by atoms with van der Waals surface area (Å²) in [5.41, 5.74) is 6.63. The summed E-state index contributed by atoms with van der Waals surface area (Å²) < 4.78 is 5.11. The molecule has 1 aromatic rings. The van der Waals surface area contributed by atoms with E-state index < -0.39 is 0 Å². The lowest BCUT2D eigenvalue weighted by atomic mass is 10.2. The number of rotatable bonds is 6. The van der Waals surface area contributed by atoms with E-state index in [1.807, 2.05) is 6.92 Å². The second kappa shape index (κ2) is 7.29. The largest absolute Gasteiger partial charge is 0.409 e.